The summed E-state index contributed by atoms with van der Waals surface area (Å²) >= 11 is 0. The Morgan fingerprint density at radius 1 is 1.32 bits per heavy atom. The number of halogens is 3. The minimum absolute atomic E-state index is 0. The van der Waals surface area contributed by atoms with Crippen molar-refractivity contribution < 1.29 is 18.3 Å². The van der Waals surface area contributed by atoms with Gasteiger partial charge in [-0.3, -0.25) is 0 Å². The van der Waals surface area contributed by atoms with Crippen LogP contribution in [0.5, 0.6) is 11.5 Å². The molecule has 2 atom stereocenters. The number of hydrogen-bond acceptors (Lipinski definition) is 4. The van der Waals surface area contributed by atoms with Gasteiger partial charge in [-0.15, -0.1) is 12.4 Å². The summed E-state index contributed by atoms with van der Waals surface area (Å²) in [7, 11) is 0. The molecule has 1 aliphatic carbocycles. The topological polar surface area (TPSA) is 79.3 Å². The molecule has 138 valence electrons. The van der Waals surface area contributed by atoms with Crippen LogP contribution in [0.3, 0.4) is 0 Å². The predicted octanol–water partition coefficient (Wildman–Crippen LogP) is 4.25. The summed E-state index contributed by atoms with van der Waals surface area (Å²) in [5.74, 6) is 1.20. The lowest BCUT2D eigenvalue weighted by atomic mass is 9.96. The molecule has 1 N–H and O–H groups in total. The van der Waals surface area contributed by atoms with E-state index in [0.717, 1.165) is 31.4 Å². The second-order valence-corrected chi connectivity index (χ2v) is 6.29. The minimum atomic E-state index is -2.87. The molecule has 3 rings (SSSR count). The number of hydrogen-bond donors (Lipinski definition) is 1. The quantitative estimate of drug-likeness (QED) is 0.419. The van der Waals surface area contributed by atoms with E-state index in [1.165, 1.54) is 0 Å². The first-order chi connectivity index (χ1) is 11.7. The molecular weight excluding hydrogens is 354 g/mol. The fourth-order valence-electron chi connectivity index (χ4n) is 2.92. The Morgan fingerprint density at radius 2 is 2.12 bits per heavy atom. The molecule has 0 spiro atoms. The molecule has 1 heterocycles. The average Bonchev–Trinajstić information content (AvgIpc) is 3.27. The first-order valence-corrected chi connectivity index (χ1v) is 8.11. The maximum absolute atomic E-state index is 12.6. The number of benzene rings is 1. The second kappa shape index (κ2) is 9.08. The van der Waals surface area contributed by atoms with E-state index in [-0.39, 0.29) is 30.1 Å². The summed E-state index contributed by atoms with van der Waals surface area (Å²) in [6, 6.07) is 5.27. The van der Waals surface area contributed by atoms with Crippen molar-refractivity contribution in [3.63, 3.8) is 0 Å². The van der Waals surface area contributed by atoms with Crippen LogP contribution in [0.2, 0.25) is 0 Å². The van der Waals surface area contributed by atoms with Crippen LogP contribution in [-0.4, -0.2) is 32.3 Å². The standard InChI is InChI=1S/C16H20F2N4O2.ClH/c17-16(18)24-14-4-3-11(6-15(14)23-9-10-1-2-10)12-5-13(20-7-12)8-21-22-19;/h3-4,6,10,12-13,16,20H,1-2,5,7-9H2;1H/t12-,13-;/m1./s1. The van der Waals surface area contributed by atoms with Crippen molar-refractivity contribution >= 4 is 12.4 Å². The molecule has 0 radical (unpaired) electrons. The minimum Gasteiger partial charge on any atom is -0.489 e. The first-order valence-electron chi connectivity index (χ1n) is 8.11. The molecule has 2 aliphatic rings. The van der Waals surface area contributed by atoms with Crippen LogP contribution in [0.1, 0.15) is 30.7 Å². The zero-order chi connectivity index (χ0) is 16.9. The second-order valence-electron chi connectivity index (χ2n) is 6.29. The van der Waals surface area contributed by atoms with Gasteiger partial charge in [0.05, 0.1) is 6.61 Å². The largest absolute Gasteiger partial charge is 0.489 e. The lowest BCUT2D eigenvalue weighted by Crippen LogP contribution is -2.23. The van der Waals surface area contributed by atoms with Crippen LogP contribution in [0.15, 0.2) is 23.3 Å². The van der Waals surface area contributed by atoms with E-state index in [9.17, 15) is 8.78 Å². The Labute approximate surface area is 150 Å². The molecule has 1 saturated heterocycles. The van der Waals surface area contributed by atoms with Crippen LogP contribution in [-0.2, 0) is 0 Å². The Balaban J connectivity index is 0.00000225. The summed E-state index contributed by atoms with van der Waals surface area (Å²) in [5.41, 5.74) is 9.41. The van der Waals surface area contributed by atoms with E-state index in [1.807, 2.05) is 0 Å². The van der Waals surface area contributed by atoms with Crippen LogP contribution < -0.4 is 14.8 Å². The van der Waals surface area contributed by atoms with E-state index in [4.69, 9.17) is 10.3 Å². The lowest BCUT2D eigenvalue weighted by Gasteiger charge is -2.16. The number of nitrogens with one attached hydrogen (secondary N) is 1. The summed E-state index contributed by atoms with van der Waals surface area (Å²) in [6.45, 7) is -1.18. The highest BCUT2D eigenvalue weighted by Crippen LogP contribution is 2.37. The molecule has 0 unspecified atom stereocenters. The maximum atomic E-state index is 12.6. The SMILES string of the molecule is Cl.[N-]=[N+]=NC[C@H]1C[C@@H](c2ccc(OC(F)F)c(OCC3CC3)c2)CN1. The van der Waals surface area contributed by atoms with Crippen LogP contribution in [0.25, 0.3) is 10.4 Å². The van der Waals surface area contributed by atoms with Crippen molar-refractivity contribution in [3.05, 3.63) is 34.2 Å². The molecule has 1 saturated carbocycles. The molecule has 2 fully saturated rings. The van der Waals surface area contributed by atoms with Crippen molar-refractivity contribution in [2.75, 3.05) is 19.7 Å². The Kier molecular flexibility index (Phi) is 7.11. The molecule has 0 bridgehead atoms. The van der Waals surface area contributed by atoms with Crippen LogP contribution in [0.4, 0.5) is 8.78 Å². The summed E-state index contributed by atoms with van der Waals surface area (Å²) in [6.07, 6.45) is 3.08. The van der Waals surface area contributed by atoms with E-state index in [1.54, 1.807) is 18.2 Å². The third-order valence-corrected chi connectivity index (χ3v) is 4.41. The molecule has 1 aliphatic heterocycles. The molecule has 1 aromatic carbocycles. The smallest absolute Gasteiger partial charge is 0.387 e. The van der Waals surface area contributed by atoms with Gasteiger partial charge in [-0.25, -0.2) is 0 Å². The fraction of sp³-hybridized carbons (Fsp3) is 0.625. The molecule has 9 heteroatoms. The van der Waals surface area contributed by atoms with Gasteiger partial charge in [0.2, 0.25) is 0 Å². The molecule has 0 aromatic heterocycles. The number of nitrogens with zero attached hydrogens (tertiary/aromatic N) is 3. The number of ether oxygens (including phenoxy) is 2. The van der Waals surface area contributed by atoms with Crippen LogP contribution in [0, 0.1) is 5.92 Å². The van der Waals surface area contributed by atoms with Crippen molar-refractivity contribution in [2.24, 2.45) is 11.0 Å². The summed E-state index contributed by atoms with van der Waals surface area (Å²) in [4.78, 5) is 2.77. The molecule has 1 aromatic rings. The van der Waals surface area contributed by atoms with Gasteiger partial charge in [0, 0.05) is 24.0 Å². The molecule has 0 amide bonds. The van der Waals surface area contributed by atoms with E-state index in [2.05, 4.69) is 20.1 Å². The zero-order valence-electron chi connectivity index (χ0n) is 13.6. The Morgan fingerprint density at radius 3 is 2.80 bits per heavy atom. The first kappa shape index (κ1) is 19.6. The van der Waals surface area contributed by atoms with Gasteiger partial charge in [0.1, 0.15) is 0 Å². The van der Waals surface area contributed by atoms with Crippen molar-refractivity contribution in [1.29, 1.82) is 0 Å². The van der Waals surface area contributed by atoms with Gasteiger partial charge in [0.25, 0.3) is 0 Å². The maximum Gasteiger partial charge on any atom is 0.387 e. The summed E-state index contributed by atoms with van der Waals surface area (Å²) in [5, 5.41) is 6.90. The monoisotopic (exact) mass is 374 g/mol. The lowest BCUT2D eigenvalue weighted by molar-refractivity contribution is -0.0515. The zero-order valence-corrected chi connectivity index (χ0v) is 14.4. The Bertz CT molecular complexity index is 624. The van der Waals surface area contributed by atoms with Crippen LogP contribution >= 0.6 is 12.4 Å². The predicted molar refractivity (Wildman–Crippen MR) is 91.7 cm³/mol. The molecular formula is C16H21ClF2N4O2. The number of azide groups is 1. The van der Waals surface area contributed by atoms with Gasteiger partial charge in [-0.1, -0.05) is 11.2 Å². The van der Waals surface area contributed by atoms with E-state index < -0.39 is 6.61 Å². The van der Waals surface area contributed by atoms with E-state index in [0.29, 0.717) is 24.8 Å². The summed E-state index contributed by atoms with van der Waals surface area (Å²) < 4.78 is 35.4. The van der Waals surface area contributed by atoms with Gasteiger partial charge in [-0.2, -0.15) is 8.78 Å². The Hall–Kier alpha value is -1.76. The number of alkyl halides is 2. The van der Waals surface area contributed by atoms with Gasteiger partial charge < -0.3 is 14.8 Å². The van der Waals surface area contributed by atoms with Crippen molar-refractivity contribution in [2.45, 2.75) is 37.8 Å². The highest BCUT2D eigenvalue weighted by atomic mass is 35.5. The normalized spacial score (nSPS) is 22.2. The third-order valence-electron chi connectivity index (χ3n) is 4.41. The number of rotatable bonds is 8. The fourth-order valence-corrected chi connectivity index (χ4v) is 2.92. The highest BCUT2D eigenvalue weighted by molar-refractivity contribution is 5.85. The molecule has 25 heavy (non-hydrogen) atoms. The van der Waals surface area contributed by atoms with Gasteiger partial charge in [0.15, 0.2) is 11.5 Å². The third kappa shape index (κ3) is 5.63. The van der Waals surface area contributed by atoms with Crippen molar-refractivity contribution in [1.82, 2.24) is 5.32 Å². The highest BCUT2D eigenvalue weighted by Gasteiger charge is 2.27. The van der Waals surface area contributed by atoms with Gasteiger partial charge in [-0.05, 0) is 54.3 Å². The molecule has 6 nitrogen and oxygen atoms in total. The average molecular weight is 375 g/mol. The van der Waals surface area contributed by atoms with Crippen molar-refractivity contribution in [3.8, 4) is 11.5 Å². The van der Waals surface area contributed by atoms with Gasteiger partial charge >= 0.3 is 6.61 Å². The van der Waals surface area contributed by atoms with E-state index >= 15 is 0 Å².